The molecule has 0 unspecified atom stereocenters. The van der Waals surface area contributed by atoms with E-state index in [1.54, 1.807) is 13.8 Å². The third-order valence-electron chi connectivity index (χ3n) is 2.73. The molecule has 118 valence electrons. The Morgan fingerprint density at radius 2 is 2.05 bits per heavy atom. The van der Waals surface area contributed by atoms with Gasteiger partial charge in [0.25, 0.3) is 0 Å². The van der Waals surface area contributed by atoms with E-state index in [4.69, 9.17) is 9.84 Å². The number of nitrogens with one attached hydrogen (secondary N) is 1. The van der Waals surface area contributed by atoms with Gasteiger partial charge in [-0.1, -0.05) is 13.8 Å². The fourth-order valence-corrected chi connectivity index (χ4v) is 3.01. The normalized spacial score (nSPS) is 13.2. The molecule has 0 fully saturated rings. The van der Waals surface area contributed by atoms with Crippen LogP contribution < -0.4 is 9.46 Å². The van der Waals surface area contributed by atoms with Crippen LogP contribution in [-0.2, 0) is 14.8 Å². The van der Waals surface area contributed by atoms with Crippen LogP contribution >= 0.6 is 0 Å². The van der Waals surface area contributed by atoms with Gasteiger partial charge in [0.05, 0.1) is 7.11 Å². The monoisotopic (exact) mass is 319 g/mol. The third-order valence-corrected chi connectivity index (χ3v) is 4.24. The quantitative estimate of drug-likeness (QED) is 0.796. The van der Waals surface area contributed by atoms with E-state index in [9.17, 15) is 17.6 Å². The van der Waals surface area contributed by atoms with Crippen molar-refractivity contribution in [1.29, 1.82) is 0 Å². The van der Waals surface area contributed by atoms with Crippen LogP contribution in [0.2, 0.25) is 0 Å². The van der Waals surface area contributed by atoms with E-state index in [1.807, 2.05) is 4.72 Å². The summed E-state index contributed by atoms with van der Waals surface area (Å²) in [5.41, 5.74) is 0. The molecule has 0 aromatic heterocycles. The lowest BCUT2D eigenvalue weighted by Crippen LogP contribution is -2.41. The van der Waals surface area contributed by atoms with Gasteiger partial charge in [0, 0.05) is 6.07 Å². The number of benzene rings is 1. The molecule has 8 heteroatoms. The molecule has 2 N–H and O–H groups in total. The van der Waals surface area contributed by atoms with Crippen LogP contribution in [0.1, 0.15) is 20.3 Å². The molecule has 0 heterocycles. The number of halogens is 1. The fraction of sp³-hybridized carbons (Fsp3) is 0.462. The number of hydrogen-bond acceptors (Lipinski definition) is 4. The summed E-state index contributed by atoms with van der Waals surface area (Å²) < 4.78 is 44.8. The van der Waals surface area contributed by atoms with Gasteiger partial charge >= 0.3 is 5.97 Å². The van der Waals surface area contributed by atoms with Gasteiger partial charge in [-0.3, -0.25) is 4.79 Å². The maximum atomic E-state index is 13.8. The Morgan fingerprint density at radius 1 is 1.43 bits per heavy atom. The van der Waals surface area contributed by atoms with Crippen molar-refractivity contribution in [3.05, 3.63) is 24.0 Å². The zero-order valence-electron chi connectivity index (χ0n) is 12.0. The molecule has 0 bridgehead atoms. The Bertz CT molecular complexity index is 615. The van der Waals surface area contributed by atoms with Crippen molar-refractivity contribution in [2.45, 2.75) is 31.2 Å². The number of carboxylic acid groups (broad SMARTS) is 1. The molecular weight excluding hydrogens is 301 g/mol. The molecule has 0 aliphatic rings. The lowest BCUT2D eigenvalue weighted by atomic mass is 10.1. The van der Waals surface area contributed by atoms with Crippen LogP contribution in [0.5, 0.6) is 5.75 Å². The first kappa shape index (κ1) is 17.4. The van der Waals surface area contributed by atoms with Gasteiger partial charge < -0.3 is 9.84 Å². The second-order valence-electron chi connectivity index (χ2n) is 4.94. The minimum atomic E-state index is -4.27. The first-order chi connectivity index (χ1) is 9.67. The number of carbonyl (C=O) groups is 1. The van der Waals surface area contributed by atoms with Gasteiger partial charge in [-0.05, 0) is 24.5 Å². The second kappa shape index (κ2) is 6.86. The molecular formula is C13H18FNO5S. The lowest BCUT2D eigenvalue weighted by Gasteiger charge is -2.17. The Hall–Kier alpha value is -1.67. The molecule has 0 amide bonds. The predicted molar refractivity (Wildman–Crippen MR) is 74.2 cm³/mol. The van der Waals surface area contributed by atoms with E-state index in [2.05, 4.69) is 0 Å². The molecule has 0 spiro atoms. The highest BCUT2D eigenvalue weighted by atomic mass is 32.2. The van der Waals surface area contributed by atoms with Crippen LogP contribution in [-0.4, -0.2) is 32.6 Å². The topological polar surface area (TPSA) is 92.7 Å². The summed E-state index contributed by atoms with van der Waals surface area (Å²) in [4.78, 5) is 10.5. The number of methoxy groups -OCH3 is 1. The molecule has 1 atom stereocenters. The van der Waals surface area contributed by atoms with E-state index >= 15 is 0 Å². The van der Waals surface area contributed by atoms with Gasteiger partial charge in [0.1, 0.15) is 22.5 Å². The summed E-state index contributed by atoms with van der Waals surface area (Å²) in [6.45, 7) is 3.52. The Balaban J connectivity index is 3.07. The molecule has 1 rings (SSSR count). The summed E-state index contributed by atoms with van der Waals surface area (Å²) in [6.07, 6.45) is 0.104. The van der Waals surface area contributed by atoms with Crippen molar-refractivity contribution in [2.24, 2.45) is 5.92 Å². The first-order valence-corrected chi connectivity index (χ1v) is 7.74. The van der Waals surface area contributed by atoms with Crippen molar-refractivity contribution in [2.75, 3.05) is 7.11 Å². The van der Waals surface area contributed by atoms with E-state index in [0.717, 1.165) is 12.1 Å². The van der Waals surface area contributed by atoms with E-state index in [0.29, 0.717) is 0 Å². The average Bonchev–Trinajstić information content (AvgIpc) is 2.36. The smallest absolute Gasteiger partial charge is 0.321 e. The van der Waals surface area contributed by atoms with Gasteiger partial charge in [-0.2, -0.15) is 4.72 Å². The zero-order valence-corrected chi connectivity index (χ0v) is 12.8. The largest absolute Gasteiger partial charge is 0.497 e. The van der Waals surface area contributed by atoms with Crippen LogP contribution in [0, 0.1) is 11.7 Å². The zero-order chi connectivity index (χ0) is 16.2. The third kappa shape index (κ3) is 4.68. The molecule has 6 nitrogen and oxygen atoms in total. The van der Waals surface area contributed by atoms with Gasteiger partial charge in [-0.25, -0.2) is 12.8 Å². The van der Waals surface area contributed by atoms with Crippen molar-refractivity contribution in [3.8, 4) is 5.75 Å². The number of aliphatic carboxylic acids is 1. The first-order valence-electron chi connectivity index (χ1n) is 6.26. The van der Waals surface area contributed by atoms with Crippen molar-refractivity contribution in [1.82, 2.24) is 4.72 Å². The molecule has 1 aromatic rings. The van der Waals surface area contributed by atoms with Gasteiger partial charge in [-0.15, -0.1) is 0 Å². The Morgan fingerprint density at radius 3 is 2.48 bits per heavy atom. The Kier molecular flexibility index (Phi) is 5.68. The van der Waals surface area contributed by atoms with E-state index in [-0.39, 0.29) is 18.1 Å². The van der Waals surface area contributed by atoms with Crippen LogP contribution in [0.15, 0.2) is 23.1 Å². The summed E-state index contributed by atoms with van der Waals surface area (Å²) in [5, 5.41) is 9.04. The Labute approximate surface area is 123 Å². The number of sulfonamides is 1. The molecule has 0 saturated carbocycles. The highest BCUT2D eigenvalue weighted by Crippen LogP contribution is 2.21. The second-order valence-corrected chi connectivity index (χ2v) is 6.62. The summed E-state index contributed by atoms with van der Waals surface area (Å²) in [5.74, 6) is -2.17. The average molecular weight is 319 g/mol. The predicted octanol–water partition coefficient (Wildman–Crippen LogP) is 1.61. The van der Waals surface area contributed by atoms with Gasteiger partial charge in [0.15, 0.2) is 0 Å². The molecule has 21 heavy (non-hydrogen) atoms. The van der Waals surface area contributed by atoms with Crippen LogP contribution in [0.3, 0.4) is 0 Å². The number of hydrogen-bond donors (Lipinski definition) is 2. The molecule has 0 aliphatic carbocycles. The number of carboxylic acids is 1. The summed E-state index contributed by atoms with van der Waals surface area (Å²) >= 11 is 0. The van der Waals surface area contributed by atoms with Crippen molar-refractivity contribution < 1.29 is 27.4 Å². The lowest BCUT2D eigenvalue weighted by molar-refractivity contribution is -0.139. The SMILES string of the molecule is COc1ccc(S(=O)(=O)N[C@H](CC(C)C)C(=O)O)c(F)c1. The summed E-state index contributed by atoms with van der Waals surface area (Å²) in [7, 11) is -2.94. The van der Waals surface area contributed by atoms with Crippen LogP contribution in [0.25, 0.3) is 0 Å². The molecule has 0 saturated heterocycles. The van der Waals surface area contributed by atoms with Crippen LogP contribution in [0.4, 0.5) is 4.39 Å². The summed E-state index contributed by atoms with van der Waals surface area (Å²) in [6, 6.07) is 1.93. The maximum Gasteiger partial charge on any atom is 0.321 e. The molecule has 0 aliphatic heterocycles. The highest BCUT2D eigenvalue weighted by molar-refractivity contribution is 7.89. The number of ether oxygens (including phenoxy) is 1. The number of rotatable bonds is 7. The standard InChI is InChI=1S/C13H18FNO5S/c1-8(2)6-11(13(16)17)15-21(18,19)12-5-4-9(20-3)7-10(12)14/h4-5,7-8,11,15H,6H2,1-3H3,(H,16,17)/t11-/m1/s1. The van der Waals surface area contributed by atoms with Crippen molar-refractivity contribution in [3.63, 3.8) is 0 Å². The van der Waals surface area contributed by atoms with Crippen molar-refractivity contribution >= 4 is 16.0 Å². The van der Waals surface area contributed by atoms with E-state index < -0.39 is 32.7 Å². The fourth-order valence-electron chi connectivity index (χ4n) is 1.75. The molecule has 1 aromatic carbocycles. The molecule has 0 radical (unpaired) electrons. The highest BCUT2D eigenvalue weighted by Gasteiger charge is 2.28. The minimum Gasteiger partial charge on any atom is -0.497 e. The van der Waals surface area contributed by atoms with Gasteiger partial charge in [0.2, 0.25) is 10.0 Å². The minimum absolute atomic E-state index is 0.0329. The maximum absolute atomic E-state index is 13.8. The van der Waals surface area contributed by atoms with E-state index in [1.165, 1.54) is 13.2 Å².